The van der Waals surface area contributed by atoms with Gasteiger partial charge in [0.1, 0.15) is 12.1 Å². The molecule has 1 amide bonds. The molecule has 0 unspecified atom stereocenters. The molecule has 33 heavy (non-hydrogen) atoms. The van der Waals surface area contributed by atoms with E-state index in [2.05, 4.69) is 15.5 Å². The first kappa shape index (κ1) is 20.7. The standard InChI is InChI=1S/C25H23N5O3/c1-17(31)29(2)24(20-13-14-21-22(15-20)33-16-32-21)25-26-27-28-30(25)23(18-9-5-3-6-10-18)19-11-7-4-8-12-19/h3-15,23-24H,16H2,1-2H3/t24-/m1/s1. The molecule has 0 spiro atoms. The van der Waals surface area contributed by atoms with Gasteiger partial charge in [0.25, 0.3) is 0 Å². The number of benzene rings is 3. The van der Waals surface area contributed by atoms with Gasteiger partial charge in [-0.1, -0.05) is 66.7 Å². The molecule has 5 rings (SSSR count). The molecular formula is C25H23N5O3. The number of ether oxygens (including phenoxy) is 2. The maximum absolute atomic E-state index is 12.5. The summed E-state index contributed by atoms with van der Waals surface area (Å²) in [5, 5.41) is 12.8. The predicted molar refractivity (Wildman–Crippen MR) is 121 cm³/mol. The molecule has 2 heterocycles. The maximum atomic E-state index is 12.5. The number of hydrogen-bond acceptors (Lipinski definition) is 6. The first-order valence-corrected chi connectivity index (χ1v) is 10.6. The Balaban J connectivity index is 1.67. The largest absolute Gasteiger partial charge is 0.454 e. The minimum Gasteiger partial charge on any atom is -0.454 e. The molecule has 3 aromatic carbocycles. The van der Waals surface area contributed by atoms with Gasteiger partial charge in [-0.05, 0) is 39.2 Å². The second kappa shape index (κ2) is 8.74. The number of fused-ring (bicyclic) bond motifs is 1. The van der Waals surface area contributed by atoms with E-state index in [1.165, 1.54) is 6.92 Å². The first-order valence-electron chi connectivity index (χ1n) is 10.6. The summed E-state index contributed by atoms with van der Waals surface area (Å²) in [7, 11) is 1.75. The molecule has 4 aromatic rings. The van der Waals surface area contributed by atoms with Crippen LogP contribution in [0.4, 0.5) is 0 Å². The number of carbonyl (C=O) groups is 1. The zero-order valence-electron chi connectivity index (χ0n) is 18.3. The topological polar surface area (TPSA) is 82.4 Å². The van der Waals surface area contributed by atoms with Crippen LogP contribution in [0, 0.1) is 0 Å². The molecule has 0 saturated carbocycles. The summed E-state index contributed by atoms with van der Waals surface area (Å²) in [6, 6.07) is 25.0. The second-order valence-corrected chi connectivity index (χ2v) is 7.85. The summed E-state index contributed by atoms with van der Waals surface area (Å²) in [6.45, 7) is 1.70. The minimum absolute atomic E-state index is 0.108. The Morgan fingerprint density at radius 2 is 1.55 bits per heavy atom. The second-order valence-electron chi connectivity index (χ2n) is 7.85. The lowest BCUT2D eigenvalue weighted by Gasteiger charge is -2.29. The van der Waals surface area contributed by atoms with Gasteiger partial charge >= 0.3 is 0 Å². The van der Waals surface area contributed by atoms with Gasteiger partial charge in [0.05, 0.1) is 0 Å². The summed E-state index contributed by atoms with van der Waals surface area (Å²) in [5.74, 6) is 1.75. The molecule has 166 valence electrons. The fraction of sp³-hybridized carbons (Fsp3) is 0.200. The summed E-state index contributed by atoms with van der Waals surface area (Å²) < 4.78 is 12.8. The molecule has 0 aliphatic carbocycles. The van der Waals surface area contributed by atoms with Gasteiger partial charge in [0.2, 0.25) is 12.7 Å². The highest BCUT2D eigenvalue weighted by Gasteiger charge is 2.32. The molecule has 8 nitrogen and oxygen atoms in total. The first-order chi connectivity index (χ1) is 16.1. The van der Waals surface area contributed by atoms with E-state index in [4.69, 9.17) is 9.47 Å². The molecule has 1 aliphatic rings. The van der Waals surface area contributed by atoms with Gasteiger partial charge < -0.3 is 14.4 Å². The van der Waals surface area contributed by atoms with Crippen LogP contribution in [0.15, 0.2) is 78.9 Å². The van der Waals surface area contributed by atoms with Crippen molar-refractivity contribution < 1.29 is 14.3 Å². The van der Waals surface area contributed by atoms with E-state index < -0.39 is 6.04 Å². The van der Waals surface area contributed by atoms with Gasteiger partial charge in [0.15, 0.2) is 17.3 Å². The van der Waals surface area contributed by atoms with Crippen LogP contribution < -0.4 is 9.47 Å². The lowest BCUT2D eigenvalue weighted by Crippen LogP contribution is -2.33. The van der Waals surface area contributed by atoms with Crippen molar-refractivity contribution in [2.75, 3.05) is 13.8 Å². The monoisotopic (exact) mass is 441 g/mol. The Labute approximate surface area is 191 Å². The minimum atomic E-state index is -0.526. The highest BCUT2D eigenvalue weighted by atomic mass is 16.7. The molecule has 1 aliphatic heterocycles. The van der Waals surface area contributed by atoms with Crippen LogP contribution in [0.25, 0.3) is 0 Å². The highest BCUT2D eigenvalue weighted by molar-refractivity contribution is 5.74. The van der Waals surface area contributed by atoms with Crippen LogP contribution >= 0.6 is 0 Å². The van der Waals surface area contributed by atoms with Crippen molar-refractivity contribution in [3.8, 4) is 11.5 Å². The molecule has 0 N–H and O–H groups in total. The zero-order valence-corrected chi connectivity index (χ0v) is 18.3. The van der Waals surface area contributed by atoms with Crippen LogP contribution in [0.1, 0.15) is 41.5 Å². The third kappa shape index (κ3) is 3.91. The van der Waals surface area contributed by atoms with Gasteiger partial charge in [-0.3, -0.25) is 4.79 Å². The van der Waals surface area contributed by atoms with Crippen molar-refractivity contribution in [1.29, 1.82) is 0 Å². The van der Waals surface area contributed by atoms with Crippen molar-refractivity contribution >= 4 is 5.91 Å². The predicted octanol–water partition coefficient (Wildman–Crippen LogP) is 3.61. The van der Waals surface area contributed by atoms with E-state index in [-0.39, 0.29) is 18.7 Å². The SMILES string of the molecule is CC(=O)N(C)[C@H](c1ccc2c(c1)OCO2)c1nnnn1C(c1ccccc1)c1ccccc1. The Morgan fingerprint density at radius 1 is 0.909 bits per heavy atom. The van der Waals surface area contributed by atoms with Crippen LogP contribution in [0.2, 0.25) is 0 Å². The molecule has 0 fully saturated rings. The molecule has 8 heteroatoms. The van der Waals surface area contributed by atoms with E-state index in [1.54, 1.807) is 16.6 Å². The van der Waals surface area contributed by atoms with E-state index in [0.29, 0.717) is 17.3 Å². The third-order valence-electron chi connectivity index (χ3n) is 5.83. The van der Waals surface area contributed by atoms with Crippen LogP contribution in [0.5, 0.6) is 11.5 Å². The number of carbonyl (C=O) groups excluding carboxylic acids is 1. The smallest absolute Gasteiger partial charge is 0.231 e. The van der Waals surface area contributed by atoms with Gasteiger partial charge in [-0.15, -0.1) is 5.10 Å². The summed E-state index contributed by atoms with van der Waals surface area (Å²) in [5.41, 5.74) is 2.90. The third-order valence-corrected chi connectivity index (χ3v) is 5.83. The molecular weight excluding hydrogens is 418 g/mol. The average Bonchev–Trinajstić information content (AvgIpc) is 3.51. The van der Waals surface area contributed by atoms with Crippen molar-refractivity contribution in [1.82, 2.24) is 25.1 Å². The van der Waals surface area contributed by atoms with Crippen LogP contribution in [0.3, 0.4) is 0 Å². The Hall–Kier alpha value is -4.20. The normalized spacial score (nSPS) is 13.2. The molecule has 1 atom stereocenters. The number of aromatic nitrogens is 4. The molecule has 1 aromatic heterocycles. The number of nitrogens with zero attached hydrogens (tertiary/aromatic N) is 5. The zero-order chi connectivity index (χ0) is 22.8. The summed E-state index contributed by atoms with van der Waals surface area (Å²) in [4.78, 5) is 14.1. The van der Waals surface area contributed by atoms with E-state index >= 15 is 0 Å². The number of tetrazole rings is 1. The Morgan fingerprint density at radius 3 is 2.18 bits per heavy atom. The average molecular weight is 441 g/mol. The van der Waals surface area contributed by atoms with Crippen molar-refractivity contribution in [2.24, 2.45) is 0 Å². The van der Waals surface area contributed by atoms with E-state index in [1.807, 2.05) is 78.9 Å². The van der Waals surface area contributed by atoms with E-state index in [9.17, 15) is 4.79 Å². The molecule has 0 bridgehead atoms. The lowest BCUT2D eigenvalue weighted by atomic mass is 9.97. The van der Waals surface area contributed by atoms with E-state index in [0.717, 1.165) is 16.7 Å². The van der Waals surface area contributed by atoms with Gasteiger partial charge in [0, 0.05) is 14.0 Å². The fourth-order valence-corrected chi connectivity index (χ4v) is 4.12. The number of amides is 1. The fourth-order valence-electron chi connectivity index (χ4n) is 4.12. The van der Waals surface area contributed by atoms with Crippen molar-refractivity contribution in [2.45, 2.75) is 19.0 Å². The van der Waals surface area contributed by atoms with Gasteiger partial charge in [-0.25, -0.2) is 4.68 Å². The maximum Gasteiger partial charge on any atom is 0.231 e. The lowest BCUT2D eigenvalue weighted by molar-refractivity contribution is -0.129. The van der Waals surface area contributed by atoms with Crippen LogP contribution in [-0.2, 0) is 4.79 Å². The van der Waals surface area contributed by atoms with Gasteiger partial charge in [-0.2, -0.15) is 0 Å². The Bertz CT molecular complexity index is 1220. The number of rotatable bonds is 6. The quantitative estimate of drug-likeness (QED) is 0.455. The Kier molecular flexibility index (Phi) is 5.48. The summed E-state index contributed by atoms with van der Waals surface area (Å²) >= 11 is 0. The molecule has 0 radical (unpaired) electrons. The number of hydrogen-bond donors (Lipinski definition) is 0. The van der Waals surface area contributed by atoms with Crippen molar-refractivity contribution in [3.05, 3.63) is 101 Å². The van der Waals surface area contributed by atoms with Crippen molar-refractivity contribution in [3.63, 3.8) is 0 Å². The highest BCUT2D eigenvalue weighted by Crippen LogP contribution is 2.38. The molecule has 0 saturated heterocycles. The summed E-state index contributed by atoms with van der Waals surface area (Å²) in [6.07, 6.45) is 0. The van der Waals surface area contributed by atoms with Crippen LogP contribution in [-0.4, -0.2) is 44.9 Å².